The minimum Gasteiger partial charge on any atom is -0.329 e. The maximum absolute atomic E-state index is 5.83. The van der Waals surface area contributed by atoms with Gasteiger partial charge in [0.25, 0.3) is 0 Å². The van der Waals surface area contributed by atoms with E-state index in [1.54, 1.807) is 11.3 Å². The Hall–Kier alpha value is -0.450. The van der Waals surface area contributed by atoms with E-state index in [2.05, 4.69) is 22.2 Å². The highest BCUT2D eigenvalue weighted by Crippen LogP contribution is 2.24. The molecule has 2 atom stereocenters. The van der Waals surface area contributed by atoms with Gasteiger partial charge in [0, 0.05) is 30.6 Å². The molecule has 2 rings (SSSR count). The Bertz CT molecular complexity index is 286. The van der Waals surface area contributed by atoms with Crippen molar-refractivity contribution >= 4 is 11.3 Å². The zero-order valence-corrected chi connectivity index (χ0v) is 10.0. The number of aromatic nitrogens is 1. The van der Waals surface area contributed by atoms with Gasteiger partial charge in [-0.25, -0.2) is 4.98 Å². The molecule has 0 aromatic carbocycles. The standard InChI is InChI=1S/C11H19N3S/c1-9-3-2-4-11(5-12)14(9)6-10-7-15-8-13-10/h7-9,11H,2-6,12H2,1H3. The number of hydrogen-bond acceptors (Lipinski definition) is 4. The van der Waals surface area contributed by atoms with Crippen molar-refractivity contribution in [3.63, 3.8) is 0 Å². The van der Waals surface area contributed by atoms with Gasteiger partial charge in [0.15, 0.2) is 0 Å². The van der Waals surface area contributed by atoms with E-state index in [-0.39, 0.29) is 0 Å². The molecule has 1 aliphatic heterocycles. The Morgan fingerprint density at radius 2 is 2.47 bits per heavy atom. The second kappa shape index (κ2) is 5.05. The van der Waals surface area contributed by atoms with Crippen molar-refractivity contribution in [1.29, 1.82) is 0 Å². The molecule has 2 unspecified atom stereocenters. The smallest absolute Gasteiger partial charge is 0.0795 e. The highest BCUT2D eigenvalue weighted by Gasteiger charge is 2.26. The fourth-order valence-corrected chi connectivity index (χ4v) is 2.93. The van der Waals surface area contributed by atoms with Gasteiger partial charge in [-0.1, -0.05) is 6.42 Å². The quantitative estimate of drug-likeness (QED) is 0.853. The first-order valence-corrected chi connectivity index (χ1v) is 6.58. The summed E-state index contributed by atoms with van der Waals surface area (Å²) in [6, 6.07) is 1.20. The van der Waals surface area contributed by atoms with E-state index in [4.69, 9.17) is 5.73 Å². The molecule has 84 valence electrons. The first kappa shape index (κ1) is 11.0. The lowest BCUT2D eigenvalue weighted by Crippen LogP contribution is -2.48. The summed E-state index contributed by atoms with van der Waals surface area (Å²) in [5, 5.41) is 2.13. The molecule has 1 aromatic rings. The zero-order valence-electron chi connectivity index (χ0n) is 9.22. The summed E-state index contributed by atoms with van der Waals surface area (Å²) < 4.78 is 0. The normalized spacial score (nSPS) is 28.1. The van der Waals surface area contributed by atoms with Crippen molar-refractivity contribution in [1.82, 2.24) is 9.88 Å². The predicted octanol–water partition coefficient (Wildman–Crippen LogP) is 1.84. The maximum Gasteiger partial charge on any atom is 0.0795 e. The first-order chi connectivity index (χ1) is 7.31. The van der Waals surface area contributed by atoms with E-state index in [0.29, 0.717) is 12.1 Å². The number of likely N-dealkylation sites (tertiary alicyclic amines) is 1. The molecular formula is C11H19N3S. The van der Waals surface area contributed by atoms with Crippen LogP contribution in [0.5, 0.6) is 0 Å². The molecule has 0 spiro atoms. The van der Waals surface area contributed by atoms with Gasteiger partial charge >= 0.3 is 0 Å². The van der Waals surface area contributed by atoms with Crippen molar-refractivity contribution in [2.75, 3.05) is 6.54 Å². The third-order valence-electron chi connectivity index (χ3n) is 3.29. The van der Waals surface area contributed by atoms with Gasteiger partial charge in [-0.3, -0.25) is 4.90 Å². The van der Waals surface area contributed by atoms with E-state index in [1.807, 2.05) is 5.51 Å². The Kier molecular flexibility index (Phi) is 3.72. The summed E-state index contributed by atoms with van der Waals surface area (Å²) in [5.41, 5.74) is 8.92. The molecule has 2 N–H and O–H groups in total. The van der Waals surface area contributed by atoms with Gasteiger partial charge in [0.2, 0.25) is 0 Å². The number of nitrogens with two attached hydrogens (primary N) is 1. The summed E-state index contributed by atoms with van der Waals surface area (Å²) in [6.45, 7) is 4.04. The van der Waals surface area contributed by atoms with Crippen molar-refractivity contribution < 1.29 is 0 Å². The molecule has 1 aromatic heterocycles. The highest BCUT2D eigenvalue weighted by atomic mass is 32.1. The zero-order chi connectivity index (χ0) is 10.7. The number of piperidine rings is 1. The van der Waals surface area contributed by atoms with Crippen LogP contribution in [0.25, 0.3) is 0 Å². The van der Waals surface area contributed by atoms with Crippen LogP contribution in [-0.2, 0) is 6.54 Å². The van der Waals surface area contributed by atoms with Crippen LogP contribution >= 0.6 is 11.3 Å². The maximum atomic E-state index is 5.83. The van der Waals surface area contributed by atoms with Crippen LogP contribution in [0, 0.1) is 0 Å². The van der Waals surface area contributed by atoms with Gasteiger partial charge < -0.3 is 5.73 Å². The fourth-order valence-electron chi connectivity index (χ4n) is 2.38. The van der Waals surface area contributed by atoms with E-state index < -0.39 is 0 Å². The Balaban J connectivity index is 2.03. The Labute approximate surface area is 95.3 Å². The minimum absolute atomic E-state index is 0.551. The summed E-state index contributed by atoms with van der Waals surface area (Å²) in [4.78, 5) is 6.86. The van der Waals surface area contributed by atoms with E-state index in [0.717, 1.165) is 13.1 Å². The van der Waals surface area contributed by atoms with E-state index in [1.165, 1.54) is 25.0 Å². The molecule has 1 aliphatic rings. The lowest BCUT2D eigenvalue weighted by Gasteiger charge is -2.39. The Morgan fingerprint density at radius 3 is 3.13 bits per heavy atom. The number of rotatable bonds is 3. The molecule has 15 heavy (non-hydrogen) atoms. The highest BCUT2D eigenvalue weighted by molar-refractivity contribution is 7.07. The topological polar surface area (TPSA) is 42.1 Å². The van der Waals surface area contributed by atoms with Crippen molar-refractivity contribution in [3.05, 3.63) is 16.6 Å². The molecule has 1 saturated heterocycles. The summed E-state index contributed by atoms with van der Waals surface area (Å²) in [5.74, 6) is 0. The molecule has 0 aliphatic carbocycles. The number of nitrogens with zero attached hydrogens (tertiary/aromatic N) is 2. The van der Waals surface area contributed by atoms with Crippen LogP contribution in [0.1, 0.15) is 31.9 Å². The predicted molar refractivity (Wildman–Crippen MR) is 63.8 cm³/mol. The number of thiazole rings is 1. The van der Waals surface area contributed by atoms with Crippen LogP contribution in [0.4, 0.5) is 0 Å². The Morgan fingerprint density at radius 1 is 1.60 bits per heavy atom. The summed E-state index contributed by atoms with van der Waals surface area (Å²) in [7, 11) is 0. The van der Waals surface area contributed by atoms with Crippen molar-refractivity contribution in [2.45, 2.75) is 44.8 Å². The molecule has 0 saturated carbocycles. The third-order valence-corrected chi connectivity index (χ3v) is 3.93. The van der Waals surface area contributed by atoms with E-state index >= 15 is 0 Å². The van der Waals surface area contributed by atoms with Gasteiger partial charge in [-0.15, -0.1) is 11.3 Å². The van der Waals surface area contributed by atoms with Gasteiger partial charge in [0.05, 0.1) is 11.2 Å². The fraction of sp³-hybridized carbons (Fsp3) is 0.727. The first-order valence-electron chi connectivity index (χ1n) is 5.64. The second-order valence-corrected chi connectivity index (χ2v) is 5.04. The lowest BCUT2D eigenvalue weighted by molar-refractivity contribution is 0.0880. The van der Waals surface area contributed by atoms with Crippen LogP contribution < -0.4 is 5.73 Å². The molecule has 2 heterocycles. The average molecular weight is 225 g/mol. The molecule has 0 radical (unpaired) electrons. The molecule has 0 amide bonds. The van der Waals surface area contributed by atoms with Gasteiger partial charge in [-0.2, -0.15) is 0 Å². The van der Waals surface area contributed by atoms with Crippen molar-refractivity contribution in [3.8, 4) is 0 Å². The van der Waals surface area contributed by atoms with Crippen molar-refractivity contribution in [2.24, 2.45) is 5.73 Å². The molecule has 3 nitrogen and oxygen atoms in total. The van der Waals surface area contributed by atoms with E-state index in [9.17, 15) is 0 Å². The molecule has 4 heteroatoms. The third kappa shape index (κ3) is 2.56. The number of hydrogen-bond donors (Lipinski definition) is 1. The molecular weight excluding hydrogens is 206 g/mol. The summed E-state index contributed by atoms with van der Waals surface area (Å²) in [6.07, 6.45) is 3.85. The monoisotopic (exact) mass is 225 g/mol. The SMILES string of the molecule is CC1CCCC(CN)N1Cc1cscn1. The van der Waals surface area contributed by atoms with Crippen LogP contribution in [-0.4, -0.2) is 28.5 Å². The second-order valence-electron chi connectivity index (χ2n) is 4.32. The van der Waals surface area contributed by atoms with Crippen LogP contribution in [0.15, 0.2) is 10.9 Å². The van der Waals surface area contributed by atoms with Gasteiger partial charge in [0.1, 0.15) is 0 Å². The minimum atomic E-state index is 0.551. The lowest BCUT2D eigenvalue weighted by atomic mass is 9.96. The molecule has 0 bridgehead atoms. The summed E-state index contributed by atoms with van der Waals surface area (Å²) >= 11 is 1.67. The van der Waals surface area contributed by atoms with Crippen LogP contribution in [0.3, 0.4) is 0 Å². The van der Waals surface area contributed by atoms with Crippen LogP contribution in [0.2, 0.25) is 0 Å². The largest absolute Gasteiger partial charge is 0.329 e. The molecule has 1 fully saturated rings. The van der Waals surface area contributed by atoms with Gasteiger partial charge in [-0.05, 0) is 19.8 Å². The average Bonchev–Trinajstić information content (AvgIpc) is 2.74.